The van der Waals surface area contributed by atoms with Gasteiger partial charge in [-0.05, 0) is 31.9 Å². The zero-order valence-electron chi connectivity index (χ0n) is 16.1. The van der Waals surface area contributed by atoms with Crippen molar-refractivity contribution in [1.82, 2.24) is 18.9 Å². The molecule has 2 aliphatic heterocycles. The van der Waals surface area contributed by atoms with Crippen LogP contribution in [0.2, 0.25) is 0 Å². The number of rotatable bonds is 2. The maximum Gasteiger partial charge on any atom is 0.275 e. The van der Waals surface area contributed by atoms with E-state index in [-0.39, 0.29) is 23.8 Å². The number of nitrogens with one attached hydrogen (secondary N) is 1. The molecular formula is C21H23N5O2. The molecule has 1 aromatic carbocycles. The number of anilines is 1. The van der Waals surface area contributed by atoms with Gasteiger partial charge in [0.25, 0.3) is 5.56 Å². The van der Waals surface area contributed by atoms with Crippen molar-refractivity contribution in [1.29, 1.82) is 0 Å². The Morgan fingerprint density at radius 2 is 1.93 bits per heavy atom. The molecule has 7 heteroatoms. The van der Waals surface area contributed by atoms with Gasteiger partial charge in [0, 0.05) is 43.6 Å². The summed E-state index contributed by atoms with van der Waals surface area (Å²) in [5, 5.41) is 3.01. The summed E-state index contributed by atoms with van der Waals surface area (Å²) < 4.78 is 5.67. The first-order valence-corrected chi connectivity index (χ1v) is 9.79. The first kappa shape index (κ1) is 17.0. The molecule has 0 aliphatic carbocycles. The van der Waals surface area contributed by atoms with Crippen molar-refractivity contribution in [3.63, 3.8) is 0 Å². The Balaban J connectivity index is 1.70. The number of hydrogen-bond donors (Lipinski definition) is 1. The van der Waals surface area contributed by atoms with Crippen LogP contribution in [0, 0.1) is 6.92 Å². The number of nitrogens with zero attached hydrogens (tertiary/aromatic N) is 4. The van der Waals surface area contributed by atoms with Crippen molar-refractivity contribution in [2.24, 2.45) is 7.05 Å². The molecule has 0 unspecified atom stereocenters. The Bertz CT molecular complexity index is 1140. The maximum absolute atomic E-state index is 13.4. The largest absolute Gasteiger partial charge is 0.314 e. The van der Waals surface area contributed by atoms with Gasteiger partial charge in [0.1, 0.15) is 11.6 Å². The second-order valence-corrected chi connectivity index (χ2v) is 7.65. The van der Waals surface area contributed by atoms with E-state index >= 15 is 0 Å². The number of aryl methyl sites for hydroxylation is 1. The Kier molecular flexibility index (Phi) is 3.79. The zero-order chi connectivity index (χ0) is 19.4. The first-order chi connectivity index (χ1) is 13.6. The second kappa shape index (κ2) is 6.22. The molecule has 28 heavy (non-hydrogen) atoms. The van der Waals surface area contributed by atoms with Gasteiger partial charge in [0.05, 0.1) is 11.4 Å². The molecule has 7 nitrogen and oxygen atoms in total. The van der Waals surface area contributed by atoms with Crippen molar-refractivity contribution < 1.29 is 4.79 Å². The third-order valence-electron chi connectivity index (χ3n) is 6.03. The minimum atomic E-state index is -0.314. The number of hydrogen-bond acceptors (Lipinski definition) is 3. The smallest absolute Gasteiger partial charge is 0.275 e. The monoisotopic (exact) mass is 377 g/mol. The first-order valence-electron chi connectivity index (χ1n) is 9.79. The Morgan fingerprint density at radius 3 is 2.71 bits per heavy atom. The van der Waals surface area contributed by atoms with Crippen molar-refractivity contribution in [2.75, 3.05) is 5.32 Å². The van der Waals surface area contributed by atoms with E-state index in [1.165, 1.54) is 0 Å². The van der Waals surface area contributed by atoms with Crippen LogP contribution in [0.4, 0.5) is 5.82 Å². The van der Waals surface area contributed by atoms with E-state index in [1.807, 2.05) is 49.0 Å². The number of fused-ring (bicyclic) bond motifs is 3. The molecule has 0 saturated heterocycles. The van der Waals surface area contributed by atoms with Crippen LogP contribution in [-0.2, 0) is 24.8 Å². The van der Waals surface area contributed by atoms with Crippen LogP contribution >= 0.6 is 0 Å². The van der Waals surface area contributed by atoms with Crippen molar-refractivity contribution >= 4 is 11.7 Å². The van der Waals surface area contributed by atoms with Gasteiger partial charge in [-0.3, -0.25) is 14.3 Å². The highest BCUT2D eigenvalue weighted by atomic mass is 16.2. The van der Waals surface area contributed by atoms with Crippen LogP contribution in [0.15, 0.2) is 35.1 Å². The number of para-hydroxylation sites is 1. The molecule has 4 heterocycles. The molecule has 1 N–H and O–H groups in total. The predicted molar refractivity (Wildman–Crippen MR) is 106 cm³/mol. The average molecular weight is 377 g/mol. The number of amides is 1. The Hall–Kier alpha value is -3.09. The Labute approximate surface area is 162 Å². The average Bonchev–Trinajstić information content (AvgIpc) is 3.17. The highest BCUT2D eigenvalue weighted by molar-refractivity contribution is 5.94. The summed E-state index contributed by atoms with van der Waals surface area (Å²) in [6, 6.07) is 9.59. The lowest BCUT2D eigenvalue weighted by Crippen LogP contribution is -2.29. The lowest BCUT2D eigenvalue weighted by atomic mass is 9.90. The third-order valence-corrected chi connectivity index (χ3v) is 6.03. The molecule has 1 amide bonds. The summed E-state index contributed by atoms with van der Waals surface area (Å²) in [5.74, 6) is 1.43. The van der Waals surface area contributed by atoms with Gasteiger partial charge in [-0.25, -0.2) is 9.67 Å². The Morgan fingerprint density at radius 1 is 1.14 bits per heavy atom. The molecule has 144 valence electrons. The number of benzene rings is 1. The van der Waals surface area contributed by atoms with E-state index in [4.69, 9.17) is 4.98 Å². The van der Waals surface area contributed by atoms with Gasteiger partial charge in [0.2, 0.25) is 5.91 Å². The molecule has 3 aromatic rings. The van der Waals surface area contributed by atoms with Gasteiger partial charge in [-0.1, -0.05) is 18.2 Å². The quantitative estimate of drug-likeness (QED) is 0.746. The fraction of sp³-hybridized carbons (Fsp3) is 0.381. The molecule has 1 atom stereocenters. The lowest BCUT2D eigenvalue weighted by Gasteiger charge is -2.23. The van der Waals surface area contributed by atoms with Gasteiger partial charge < -0.3 is 9.88 Å². The van der Waals surface area contributed by atoms with E-state index < -0.39 is 0 Å². The van der Waals surface area contributed by atoms with Gasteiger partial charge >= 0.3 is 0 Å². The SMILES string of the molecule is Cc1c([C@@H]2CC(=O)Nc3c2nc2n3CCCC2)c(=O)n(-c2ccccc2)n1C. The van der Waals surface area contributed by atoms with Crippen molar-refractivity contribution in [2.45, 2.75) is 45.1 Å². The third kappa shape index (κ3) is 2.38. The second-order valence-electron chi connectivity index (χ2n) is 7.65. The fourth-order valence-corrected chi connectivity index (χ4v) is 4.57. The van der Waals surface area contributed by atoms with E-state index in [0.717, 1.165) is 54.5 Å². The lowest BCUT2D eigenvalue weighted by molar-refractivity contribution is -0.116. The van der Waals surface area contributed by atoms with Crippen LogP contribution in [0.5, 0.6) is 0 Å². The summed E-state index contributed by atoms with van der Waals surface area (Å²) in [4.78, 5) is 30.8. The van der Waals surface area contributed by atoms with E-state index in [9.17, 15) is 9.59 Å². The topological polar surface area (TPSA) is 73.8 Å². The van der Waals surface area contributed by atoms with Crippen LogP contribution in [0.1, 0.15) is 48.0 Å². The van der Waals surface area contributed by atoms with Crippen LogP contribution in [0.3, 0.4) is 0 Å². The summed E-state index contributed by atoms with van der Waals surface area (Å²) in [6.45, 7) is 2.81. The highest BCUT2D eigenvalue weighted by Crippen LogP contribution is 2.38. The number of carbonyl (C=O) groups excluding carboxylic acids is 1. The standard InChI is InChI=1S/C21H23N5O2/c1-13-18(21(28)26(24(13)2)14-8-4-3-5-9-14)15-12-17(27)23-20-19(15)22-16-10-6-7-11-25(16)20/h3-5,8-9,15H,6-7,10-12H2,1-2H3,(H,23,27)/t15-/m0/s1. The molecular weight excluding hydrogens is 354 g/mol. The normalized spacial score (nSPS) is 18.5. The van der Waals surface area contributed by atoms with E-state index in [1.54, 1.807) is 4.68 Å². The fourth-order valence-electron chi connectivity index (χ4n) is 4.57. The molecule has 0 spiro atoms. The molecule has 2 aromatic heterocycles. The predicted octanol–water partition coefficient (Wildman–Crippen LogP) is 2.49. The number of imidazole rings is 1. The summed E-state index contributed by atoms with van der Waals surface area (Å²) in [7, 11) is 1.88. The van der Waals surface area contributed by atoms with Crippen molar-refractivity contribution in [3.8, 4) is 5.69 Å². The van der Waals surface area contributed by atoms with Gasteiger partial charge in [0.15, 0.2) is 0 Å². The summed E-state index contributed by atoms with van der Waals surface area (Å²) in [5.41, 5.74) is 3.10. The van der Waals surface area contributed by atoms with Crippen LogP contribution < -0.4 is 10.9 Å². The summed E-state index contributed by atoms with van der Waals surface area (Å²) >= 11 is 0. The number of aromatic nitrogens is 4. The van der Waals surface area contributed by atoms with Crippen LogP contribution in [-0.4, -0.2) is 24.8 Å². The molecule has 0 fully saturated rings. The van der Waals surface area contributed by atoms with E-state index in [2.05, 4.69) is 9.88 Å². The molecule has 0 bridgehead atoms. The molecule has 2 aliphatic rings. The van der Waals surface area contributed by atoms with Crippen molar-refractivity contribution in [3.05, 3.63) is 63.5 Å². The molecule has 0 saturated carbocycles. The van der Waals surface area contributed by atoms with Gasteiger partial charge in [-0.15, -0.1) is 0 Å². The van der Waals surface area contributed by atoms with Gasteiger partial charge in [-0.2, -0.15) is 0 Å². The highest BCUT2D eigenvalue weighted by Gasteiger charge is 2.36. The molecule has 5 rings (SSSR count). The number of carbonyl (C=O) groups is 1. The maximum atomic E-state index is 13.4. The van der Waals surface area contributed by atoms with E-state index in [0.29, 0.717) is 5.56 Å². The molecule has 0 radical (unpaired) electrons. The van der Waals surface area contributed by atoms with Crippen LogP contribution in [0.25, 0.3) is 5.69 Å². The minimum absolute atomic E-state index is 0.0558. The zero-order valence-corrected chi connectivity index (χ0v) is 16.1. The minimum Gasteiger partial charge on any atom is -0.314 e. The summed E-state index contributed by atoms with van der Waals surface area (Å²) in [6.07, 6.45) is 3.36.